The summed E-state index contributed by atoms with van der Waals surface area (Å²) in [5.74, 6) is -0.965. The van der Waals surface area contributed by atoms with Crippen LogP contribution in [0.4, 0.5) is 14.5 Å². The van der Waals surface area contributed by atoms with Crippen molar-refractivity contribution in [2.24, 2.45) is 0 Å². The van der Waals surface area contributed by atoms with Crippen LogP contribution in [0.1, 0.15) is 25.5 Å². The van der Waals surface area contributed by atoms with Gasteiger partial charge in [0.1, 0.15) is 17.4 Å². The van der Waals surface area contributed by atoms with Gasteiger partial charge in [0.25, 0.3) is 0 Å². The minimum absolute atomic E-state index is 0.0154. The Kier molecular flexibility index (Phi) is 6.26. The molecule has 6 heteroatoms. The van der Waals surface area contributed by atoms with Crippen LogP contribution in [-0.2, 0) is 4.79 Å². The van der Waals surface area contributed by atoms with E-state index in [0.717, 1.165) is 6.07 Å². The number of rotatable bonds is 7. The van der Waals surface area contributed by atoms with Crippen LogP contribution in [0.15, 0.2) is 42.5 Å². The lowest BCUT2D eigenvalue weighted by Gasteiger charge is -2.16. The van der Waals surface area contributed by atoms with E-state index in [1.54, 1.807) is 25.1 Å². The Morgan fingerprint density at radius 2 is 1.96 bits per heavy atom. The van der Waals surface area contributed by atoms with E-state index in [1.807, 2.05) is 13.0 Å². The molecule has 2 aromatic carbocycles. The van der Waals surface area contributed by atoms with Crippen molar-refractivity contribution in [1.82, 2.24) is 5.32 Å². The number of nitrogens with one attached hydrogen (secondary N) is 2. The number of para-hydroxylation sites is 2. The van der Waals surface area contributed by atoms with E-state index < -0.39 is 17.7 Å². The molecule has 2 rings (SSSR count). The minimum atomic E-state index is -0.642. The molecule has 0 spiro atoms. The molecule has 24 heavy (non-hydrogen) atoms. The van der Waals surface area contributed by atoms with Crippen molar-refractivity contribution in [1.29, 1.82) is 0 Å². The number of carbonyl (C=O) groups is 1. The van der Waals surface area contributed by atoms with Crippen LogP contribution in [-0.4, -0.2) is 19.1 Å². The predicted octanol–water partition coefficient (Wildman–Crippen LogP) is 3.65. The average Bonchev–Trinajstić information content (AvgIpc) is 2.55. The standard InChI is InChI=1S/C18H20F2N2O2/c1-3-24-17-7-5-4-6-16(17)22-18(23)11-21-12(2)14-9-8-13(19)10-15(14)20/h4-10,12,21H,3,11H2,1-2H3,(H,22,23)/t12-/m0/s1. The van der Waals surface area contributed by atoms with Crippen LogP contribution in [0.2, 0.25) is 0 Å². The van der Waals surface area contributed by atoms with E-state index in [1.165, 1.54) is 12.1 Å². The molecule has 0 aliphatic heterocycles. The van der Waals surface area contributed by atoms with Gasteiger partial charge < -0.3 is 15.4 Å². The average molecular weight is 334 g/mol. The van der Waals surface area contributed by atoms with Crippen LogP contribution in [0.3, 0.4) is 0 Å². The summed E-state index contributed by atoms with van der Waals surface area (Å²) in [6.07, 6.45) is 0. The largest absolute Gasteiger partial charge is 0.492 e. The second kappa shape index (κ2) is 8.40. The molecule has 128 valence electrons. The SMILES string of the molecule is CCOc1ccccc1NC(=O)CN[C@@H](C)c1ccc(F)cc1F. The first-order valence-corrected chi connectivity index (χ1v) is 7.71. The molecule has 0 saturated heterocycles. The summed E-state index contributed by atoms with van der Waals surface area (Å²) in [5.41, 5.74) is 0.880. The van der Waals surface area contributed by atoms with Crippen LogP contribution in [0.5, 0.6) is 5.75 Å². The van der Waals surface area contributed by atoms with Crippen molar-refractivity contribution in [3.8, 4) is 5.75 Å². The van der Waals surface area contributed by atoms with Gasteiger partial charge in [0.15, 0.2) is 0 Å². The van der Waals surface area contributed by atoms with Gasteiger partial charge in [-0.2, -0.15) is 0 Å². The number of ether oxygens (including phenoxy) is 1. The third kappa shape index (κ3) is 4.76. The van der Waals surface area contributed by atoms with Crippen molar-refractivity contribution in [2.45, 2.75) is 19.9 Å². The lowest BCUT2D eigenvalue weighted by molar-refractivity contribution is -0.115. The van der Waals surface area contributed by atoms with E-state index in [0.29, 0.717) is 23.6 Å². The summed E-state index contributed by atoms with van der Waals surface area (Å²) in [4.78, 5) is 12.1. The fourth-order valence-corrected chi connectivity index (χ4v) is 2.25. The zero-order chi connectivity index (χ0) is 17.5. The van der Waals surface area contributed by atoms with E-state index in [4.69, 9.17) is 4.74 Å². The Morgan fingerprint density at radius 1 is 1.21 bits per heavy atom. The van der Waals surface area contributed by atoms with Gasteiger partial charge in [0.2, 0.25) is 5.91 Å². The summed E-state index contributed by atoms with van der Waals surface area (Å²) in [6.45, 7) is 4.04. The maximum absolute atomic E-state index is 13.7. The minimum Gasteiger partial charge on any atom is -0.492 e. The molecule has 0 bridgehead atoms. The van der Waals surface area contributed by atoms with Gasteiger partial charge in [-0.25, -0.2) is 8.78 Å². The highest BCUT2D eigenvalue weighted by Crippen LogP contribution is 2.23. The molecule has 0 aliphatic rings. The Morgan fingerprint density at radius 3 is 2.67 bits per heavy atom. The number of benzene rings is 2. The van der Waals surface area contributed by atoms with Crippen molar-refractivity contribution in [3.63, 3.8) is 0 Å². The predicted molar refractivity (Wildman–Crippen MR) is 89.0 cm³/mol. The van der Waals surface area contributed by atoms with Gasteiger partial charge in [-0.15, -0.1) is 0 Å². The number of anilines is 1. The zero-order valence-corrected chi connectivity index (χ0v) is 13.6. The third-order valence-corrected chi connectivity index (χ3v) is 3.46. The molecule has 0 saturated carbocycles. The van der Waals surface area contributed by atoms with E-state index >= 15 is 0 Å². The van der Waals surface area contributed by atoms with E-state index in [9.17, 15) is 13.6 Å². The maximum Gasteiger partial charge on any atom is 0.238 e. The number of hydrogen-bond acceptors (Lipinski definition) is 3. The highest BCUT2D eigenvalue weighted by atomic mass is 19.1. The van der Waals surface area contributed by atoms with Crippen molar-refractivity contribution in [2.75, 3.05) is 18.5 Å². The van der Waals surface area contributed by atoms with E-state index in [-0.39, 0.29) is 12.5 Å². The number of halogens is 2. The molecule has 0 aliphatic carbocycles. The molecular formula is C18H20F2N2O2. The molecule has 1 atom stereocenters. The van der Waals surface area contributed by atoms with Crippen molar-refractivity contribution < 1.29 is 18.3 Å². The summed E-state index contributed by atoms with van der Waals surface area (Å²) >= 11 is 0. The highest BCUT2D eigenvalue weighted by molar-refractivity contribution is 5.93. The molecule has 0 heterocycles. The molecule has 1 amide bonds. The quantitative estimate of drug-likeness (QED) is 0.812. The van der Waals surface area contributed by atoms with Crippen LogP contribution < -0.4 is 15.4 Å². The summed E-state index contributed by atoms with van der Waals surface area (Å²) in [6, 6.07) is 10.1. The Bertz CT molecular complexity index is 707. The Balaban J connectivity index is 1.93. The smallest absolute Gasteiger partial charge is 0.238 e. The van der Waals surface area contributed by atoms with Crippen LogP contribution >= 0.6 is 0 Å². The number of hydrogen-bond donors (Lipinski definition) is 2. The monoisotopic (exact) mass is 334 g/mol. The van der Waals surface area contributed by atoms with Gasteiger partial charge in [-0.3, -0.25) is 4.79 Å². The topological polar surface area (TPSA) is 50.4 Å². The molecule has 0 unspecified atom stereocenters. The second-order valence-corrected chi connectivity index (χ2v) is 5.25. The molecule has 4 nitrogen and oxygen atoms in total. The number of amides is 1. The second-order valence-electron chi connectivity index (χ2n) is 5.25. The van der Waals surface area contributed by atoms with Gasteiger partial charge >= 0.3 is 0 Å². The summed E-state index contributed by atoms with van der Waals surface area (Å²) in [5, 5.41) is 5.66. The first kappa shape index (κ1) is 17.9. The Hall–Kier alpha value is -2.47. The van der Waals surface area contributed by atoms with Crippen LogP contribution in [0, 0.1) is 11.6 Å². The zero-order valence-electron chi connectivity index (χ0n) is 13.6. The normalized spacial score (nSPS) is 11.8. The fraction of sp³-hybridized carbons (Fsp3) is 0.278. The summed E-state index contributed by atoms with van der Waals surface area (Å²) < 4.78 is 32.1. The molecule has 2 N–H and O–H groups in total. The molecule has 0 radical (unpaired) electrons. The molecule has 0 fully saturated rings. The first-order chi connectivity index (χ1) is 11.5. The Labute approximate surface area is 139 Å². The first-order valence-electron chi connectivity index (χ1n) is 7.71. The van der Waals surface area contributed by atoms with E-state index in [2.05, 4.69) is 10.6 Å². The third-order valence-electron chi connectivity index (χ3n) is 3.46. The molecular weight excluding hydrogens is 314 g/mol. The molecule has 2 aromatic rings. The maximum atomic E-state index is 13.7. The fourth-order valence-electron chi connectivity index (χ4n) is 2.25. The summed E-state index contributed by atoms with van der Waals surface area (Å²) in [7, 11) is 0. The lowest BCUT2D eigenvalue weighted by Crippen LogP contribution is -2.30. The number of carbonyl (C=O) groups excluding carboxylic acids is 1. The van der Waals surface area contributed by atoms with Crippen LogP contribution in [0.25, 0.3) is 0 Å². The van der Waals surface area contributed by atoms with Gasteiger partial charge in [-0.05, 0) is 32.0 Å². The molecule has 0 aromatic heterocycles. The highest BCUT2D eigenvalue weighted by Gasteiger charge is 2.13. The van der Waals surface area contributed by atoms with Gasteiger partial charge in [-0.1, -0.05) is 18.2 Å². The lowest BCUT2D eigenvalue weighted by atomic mass is 10.1. The van der Waals surface area contributed by atoms with Gasteiger partial charge in [0, 0.05) is 17.7 Å². The van der Waals surface area contributed by atoms with Crippen molar-refractivity contribution >= 4 is 11.6 Å². The van der Waals surface area contributed by atoms with Crippen molar-refractivity contribution in [3.05, 3.63) is 59.7 Å². The van der Waals surface area contributed by atoms with Gasteiger partial charge in [0.05, 0.1) is 18.8 Å².